The van der Waals surface area contributed by atoms with Gasteiger partial charge in [0.25, 0.3) is 0 Å². The number of nitrogens with one attached hydrogen (secondary N) is 1. The Hall–Kier alpha value is -0.570. The Morgan fingerprint density at radius 1 is 1.44 bits per heavy atom. The lowest BCUT2D eigenvalue weighted by Crippen LogP contribution is -2.43. The summed E-state index contributed by atoms with van der Waals surface area (Å²) in [6.45, 7) is 14.2. The number of hydrogen-bond acceptors (Lipinski definition) is 2. The predicted octanol–water partition coefficient (Wildman–Crippen LogP) is 3.63. The van der Waals surface area contributed by atoms with Crippen LogP contribution in [0.4, 0.5) is 0 Å². The van der Waals surface area contributed by atoms with Gasteiger partial charge in [-0.25, -0.2) is 0 Å². The Morgan fingerprint density at radius 3 is 2.44 bits per heavy atom. The van der Waals surface area contributed by atoms with Gasteiger partial charge in [-0.2, -0.15) is 0 Å². The number of rotatable bonds is 4. The highest BCUT2D eigenvalue weighted by Gasteiger charge is 2.26. The molecule has 0 unspecified atom stereocenters. The molecule has 1 aliphatic rings. The van der Waals surface area contributed by atoms with E-state index in [1.165, 1.54) is 0 Å². The van der Waals surface area contributed by atoms with Gasteiger partial charge in [0.2, 0.25) is 5.91 Å². The molecule has 0 aromatic rings. The Bertz CT molecular complexity index is 233. The van der Waals surface area contributed by atoms with Gasteiger partial charge in [0.15, 0.2) is 0 Å². The molecule has 1 heterocycles. The monoisotopic (exact) mass is 259 g/mol. The van der Waals surface area contributed by atoms with Gasteiger partial charge in [0.1, 0.15) is 0 Å². The lowest BCUT2D eigenvalue weighted by molar-refractivity contribution is -0.123. The minimum atomic E-state index is 0. The quantitative estimate of drug-likeness (QED) is 0.837. The van der Waals surface area contributed by atoms with Crippen LogP contribution in [0.25, 0.3) is 0 Å². The molecule has 18 heavy (non-hydrogen) atoms. The second-order valence-corrected chi connectivity index (χ2v) is 5.83. The van der Waals surface area contributed by atoms with Crippen LogP contribution in [-0.4, -0.2) is 25.2 Å². The highest BCUT2D eigenvalue weighted by atomic mass is 16.5. The van der Waals surface area contributed by atoms with Crippen molar-refractivity contribution in [1.82, 2.24) is 5.32 Å². The summed E-state index contributed by atoms with van der Waals surface area (Å²) in [7, 11) is 0. The van der Waals surface area contributed by atoms with Crippen LogP contribution in [-0.2, 0) is 9.53 Å². The average Bonchev–Trinajstić information content (AvgIpc) is 2.79. The van der Waals surface area contributed by atoms with Gasteiger partial charge in [0, 0.05) is 27.1 Å². The minimum absolute atomic E-state index is 0. The Kier molecular flexibility index (Phi) is 8.25. The fraction of sp³-hybridized carbons (Fsp3) is 0.933. The third-order valence-corrected chi connectivity index (χ3v) is 3.29. The first kappa shape index (κ1) is 17.4. The van der Waals surface area contributed by atoms with E-state index in [1.54, 1.807) is 0 Å². The molecule has 1 amide bonds. The van der Waals surface area contributed by atoms with Crippen molar-refractivity contribution in [2.24, 2.45) is 11.3 Å². The molecule has 0 aromatic heterocycles. The van der Waals surface area contributed by atoms with Crippen molar-refractivity contribution in [3.05, 3.63) is 0 Å². The van der Waals surface area contributed by atoms with E-state index in [4.69, 9.17) is 4.74 Å². The number of hydrogen-bond donors (Lipinski definition) is 1. The van der Waals surface area contributed by atoms with E-state index in [-0.39, 0.29) is 18.8 Å². The van der Waals surface area contributed by atoms with Crippen molar-refractivity contribution in [3.8, 4) is 0 Å². The molecule has 1 N–H and O–H groups in total. The van der Waals surface area contributed by atoms with Gasteiger partial charge in [-0.05, 0) is 24.2 Å². The summed E-state index contributed by atoms with van der Waals surface area (Å²) >= 11 is 0. The molecule has 0 aliphatic carbocycles. The summed E-state index contributed by atoms with van der Waals surface area (Å²) in [5.41, 5.74) is 0.136. The van der Waals surface area contributed by atoms with Crippen LogP contribution >= 0.6 is 0 Å². The fourth-order valence-corrected chi connectivity index (χ4v) is 2.19. The largest absolute Gasteiger partial charge is 0.381 e. The van der Waals surface area contributed by atoms with Crippen LogP contribution in [0.1, 0.15) is 62.2 Å². The molecule has 2 atom stereocenters. The zero-order valence-electron chi connectivity index (χ0n) is 13.0. The third-order valence-electron chi connectivity index (χ3n) is 3.29. The first-order valence-electron chi connectivity index (χ1n) is 7.30. The summed E-state index contributed by atoms with van der Waals surface area (Å²) in [5, 5.41) is 3.14. The standard InChI is InChI=1S/C13H25NO2.C2H6.H2/c1-5-11(13(2,3)4)14-12(15)8-10-6-7-16-9-10;1-2;/h10-11H,5-9H2,1-4H3,(H,14,15);1-2H3;1H/t10-,11-;;/m1../s1. The van der Waals surface area contributed by atoms with Gasteiger partial charge >= 0.3 is 0 Å². The van der Waals surface area contributed by atoms with Crippen LogP contribution in [0.3, 0.4) is 0 Å². The summed E-state index contributed by atoms with van der Waals surface area (Å²) in [4.78, 5) is 11.8. The van der Waals surface area contributed by atoms with E-state index in [9.17, 15) is 4.79 Å². The molecule has 3 heteroatoms. The molecule has 1 saturated heterocycles. The maximum absolute atomic E-state index is 11.8. The lowest BCUT2D eigenvalue weighted by Gasteiger charge is -2.31. The molecule has 110 valence electrons. The van der Waals surface area contributed by atoms with Gasteiger partial charge in [-0.15, -0.1) is 0 Å². The average molecular weight is 259 g/mol. The Balaban J connectivity index is 0. The summed E-state index contributed by atoms with van der Waals surface area (Å²) in [5.74, 6) is 0.606. The fourth-order valence-electron chi connectivity index (χ4n) is 2.19. The van der Waals surface area contributed by atoms with Crippen LogP contribution in [0.15, 0.2) is 0 Å². The van der Waals surface area contributed by atoms with Gasteiger partial charge in [-0.1, -0.05) is 41.5 Å². The highest BCUT2D eigenvalue weighted by molar-refractivity contribution is 5.76. The zero-order chi connectivity index (χ0) is 14.2. The van der Waals surface area contributed by atoms with Crippen molar-refractivity contribution >= 4 is 5.91 Å². The molecular formula is C15H33NO2. The van der Waals surface area contributed by atoms with Crippen molar-refractivity contribution in [2.75, 3.05) is 13.2 Å². The molecule has 0 saturated carbocycles. The summed E-state index contributed by atoms with van der Waals surface area (Å²) in [6, 6.07) is 0.266. The number of ether oxygens (including phenoxy) is 1. The van der Waals surface area contributed by atoms with E-state index >= 15 is 0 Å². The maximum atomic E-state index is 11.8. The minimum Gasteiger partial charge on any atom is -0.381 e. The van der Waals surface area contributed by atoms with Crippen LogP contribution in [0.2, 0.25) is 0 Å². The first-order chi connectivity index (χ1) is 8.43. The second-order valence-electron chi connectivity index (χ2n) is 5.83. The Morgan fingerprint density at radius 2 is 2.06 bits per heavy atom. The lowest BCUT2D eigenvalue weighted by atomic mass is 9.85. The molecule has 0 spiro atoms. The van der Waals surface area contributed by atoms with E-state index < -0.39 is 0 Å². The summed E-state index contributed by atoms with van der Waals surface area (Å²) in [6.07, 6.45) is 2.63. The van der Waals surface area contributed by atoms with E-state index in [2.05, 4.69) is 33.0 Å². The molecule has 0 aromatic carbocycles. The topological polar surface area (TPSA) is 38.3 Å². The van der Waals surface area contributed by atoms with E-state index in [0.29, 0.717) is 12.3 Å². The van der Waals surface area contributed by atoms with Gasteiger partial charge in [0.05, 0.1) is 0 Å². The second kappa shape index (κ2) is 8.52. The smallest absolute Gasteiger partial charge is 0.220 e. The maximum Gasteiger partial charge on any atom is 0.220 e. The Labute approximate surface area is 114 Å². The van der Waals surface area contributed by atoms with Crippen molar-refractivity contribution in [2.45, 2.75) is 66.8 Å². The van der Waals surface area contributed by atoms with E-state index in [1.807, 2.05) is 13.8 Å². The normalized spacial score (nSPS) is 20.9. The summed E-state index contributed by atoms with van der Waals surface area (Å²) < 4.78 is 5.28. The van der Waals surface area contributed by atoms with Crippen LogP contribution in [0.5, 0.6) is 0 Å². The molecule has 1 rings (SSSR count). The third kappa shape index (κ3) is 6.39. The van der Waals surface area contributed by atoms with Gasteiger partial charge < -0.3 is 10.1 Å². The molecule has 1 aliphatic heterocycles. The van der Waals surface area contributed by atoms with Crippen LogP contribution in [0, 0.1) is 11.3 Å². The SMILES string of the molecule is CC.CC[C@@H](NC(=O)C[C@H]1CCOC1)C(C)(C)C.[HH]. The molecular weight excluding hydrogens is 226 g/mol. The zero-order valence-corrected chi connectivity index (χ0v) is 13.0. The number of carbonyl (C=O) groups excluding carboxylic acids is 1. The van der Waals surface area contributed by atoms with Crippen molar-refractivity contribution in [3.63, 3.8) is 0 Å². The molecule has 0 bridgehead atoms. The van der Waals surface area contributed by atoms with Crippen LogP contribution < -0.4 is 5.32 Å². The first-order valence-corrected chi connectivity index (χ1v) is 7.30. The number of carbonyl (C=O) groups is 1. The number of amides is 1. The molecule has 0 radical (unpaired) electrons. The molecule has 3 nitrogen and oxygen atoms in total. The van der Waals surface area contributed by atoms with Crippen molar-refractivity contribution < 1.29 is 11.0 Å². The predicted molar refractivity (Wildman–Crippen MR) is 78.7 cm³/mol. The highest BCUT2D eigenvalue weighted by Crippen LogP contribution is 2.22. The van der Waals surface area contributed by atoms with E-state index in [0.717, 1.165) is 26.1 Å². The van der Waals surface area contributed by atoms with Crippen molar-refractivity contribution in [1.29, 1.82) is 0 Å². The molecule has 1 fully saturated rings. The van der Waals surface area contributed by atoms with Gasteiger partial charge in [-0.3, -0.25) is 4.79 Å².